The highest BCUT2D eigenvalue weighted by Crippen LogP contribution is 2.19. The van der Waals surface area contributed by atoms with Crippen LogP contribution in [0.1, 0.15) is 21.5 Å². The monoisotopic (exact) mass is 421 g/mol. The van der Waals surface area contributed by atoms with Crippen LogP contribution >= 0.6 is 11.6 Å². The number of halogens is 1. The number of carbonyl (C=O) groups is 2. The zero-order valence-corrected chi connectivity index (χ0v) is 17.0. The zero-order valence-electron chi connectivity index (χ0n) is 16.3. The molecule has 0 bridgehead atoms. The summed E-state index contributed by atoms with van der Waals surface area (Å²) in [7, 11) is 0. The Balaban J connectivity index is 1.48. The van der Waals surface area contributed by atoms with E-state index in [-0.39, 0.29) is 12.5 Å². The fraction of sp³-hybridized carbons (Fsp3) is 0.0870. The maximum absolute atomic E-state index is 12.2. The van der Waals surface area contributed by atoms with E-state index in [9.17, 15) is 9.59 Å². The first-order valence-corrected chi connectivity index (χ1v) is 9.59. The molecule has 0 aliphatic carbocycles. The van der Waals surface area contributed by atoms with Crippen LogP contribution in [0.15, 0.2) is 77.9 Å². The molecule has 152 valence electrons. The Morgan fingerprint density at radius 3 is 2.43 bits per heavy atom. The summed E-state index contributed by atoms with van der Waals surface area (Å²) in [5.41, 5.74) is 5.46. The Bertz CT molecular complexity index is 1070. The largest absolute Gasteiger partial charge is 0.423 e. The lowest BCUT2D eigenvalue weighted by Crippen LogP contribution is -2.26. The van der Waals surface area contributed by atoms with Crippen molar-refractivity contribution in [3.8, 4) is 5.75 Å². The number of anilines is 1. The second-order valence-electron chi connectivity index (χ2n) is 6.40. The molecule has 2 N–H and O–H groups in total. The fourth-order valence-electron chi connectivity index (χ4n) is 2.58. The van der Waals surface area contributed by atoms with Gasteiger partial charge in [-0.05, 0) is 60.5 Å². The van der Waals surface area contributed by atoms with Crippen LogP contribution in [0.25, 0.3) is 0 Å². The number of esters is 1. The summed E-state index contributed by atoms with van der Waals surface area (Å²) >= 11 is 6.00. The predicted molar refractivity (Wildman–Crippen MR) is 118 cm³/mol. The van der Waals surface area contributed by atoms with Crippen molar-refractivity contribution >= 4 is 35.4 Å². The summed E-state index contributed by atoms with van der Waals surface area (Å²) in [6.07, 6.45) is 1.51. The maximum atomic E-state index is 12.2. The number of rotatable bonds is 7. The van der Waals surface area contributed by atoms with E-state index in [4.69, 9.17) is 16.3 Å². The molecule has 0 aliphatic rings. The average molecular weight is 422 g/mol. The van der Waals surface area contributed by atoms with E-state index in [1.165, 1.54) is 6.21 Å². The fourth-order valence-corrected chi connectivity index (χ4v) is 2.79. The van der Waals surface area contributed by atoms with Crippen LogP contribution in [-0.4, -0.2) is 24.6 Å². The normalized spacial score (nSPS) is 10.6. The van der Waals surface area contributed by atoms with Gasteiger partial charge in [-0.15, -0.1) is 0 Å². The van der Waals surface area contributed by atoms with Gasteiger partial charge in [-0.3, -0.25) is 4.79 Å². The molecule has 1 amide bonds. The summed E-state index contributed by atoms with van der Waals surface area (Å²) in [5, 5.41) is 7.33. The van der Waals surface area contributed by atoms with Crippen LogP contribution < -0.4 is 15.5 Å². The summed E-state index contributed by atoms with van der Waals surface area (Å²) < 4.78 is 5.32. The molecule has 0 atom stereocenters. The highest BCUT2D eigenvalue weighted by Gasteiger charge is 2.11. The lowest BCUT2D eigenvalue weighted by molar-refractivity contribution is -0.119. The van der Waals surface area contributed by atoms with Crippen LogP contribution in [-0.2, 0) is 4.79 Å². The number of hydrogen-bond donors (Lipinski definition) is 2. The Kier molecular flexibility index (Phi) is 7.19. The quantitative estimate of drug-likeness (QED) is 0.256. The Labute approximate surface area is 179 Å². The average Bonchev–Trinajstić information content (AvgIpc) is 2.74. The van der Waals surface area contributed by atoms with Crippen LogP contribution in [0.5, 0.6) is 5.75 Å². The van der Waals surface area contributed by atoms with Crippen LogP contribution in [0, 0.1) is 6.92 Å². The molecule has 0 spiro atoms. The number of amides is 1. The minimum Gasteiger partial charge on any atom is -0.423 e. The molecule has 0 aliphatic heterocycles. The van der Waals surface area contributed by atoms with E-state index in [0.717, 1.165) is 16.8 Å². The van der Waals surface area contributed by atoms with Gasteiger partial charge in [-0.2, -0.15) is 5.10 Å². The van der Waals surface area contributed by atoms with Gasteiger partial charge in [-0.25, -0.2) is 10.2 Å². The standard InChI is InChI=1S/C23H20ClN3O3/c1-16-6-2-5-9-21(16)25-15-22(28)27-26-14-17-10-12-18(13-11-17)30-23(29)19-7-3-4-8-20(19)24/h2-14,25H,15H2,1H3,(H,27,28)/b26-14+. The minimum atomic E-state index is -0.532. The van der Waals surface area contributed by atoms with Crippen molar-refractivity contribution in [2.75, 3.05) is 11.9 Å². The molecule has 3 rings (SSSR count). The van der Waals surface area contributed by atoms with Gasteiger partial charge in [-0.1, -0.05) is 41.9 Å². The van der Waals surface area contributed by atoms with Gasteiger partial charge in [0.25, 0.3) is 5.91 Å². The van der Waals surface area contributed by atoms with Crippen molar-refractivity contribution in [2.24, 2.45) is 5.10 Å². The first kappa shape index (κ1) is 21.1. The van der Waals surface area contributed by atoms with Crippen molar-refractivity contribution in [2.45, 2.75) is 6.92 Å². The highest BCUT2D eigenvalue weighted by atomic mass is 35.5. The topological polar surface area (TPSA) is 79.8 Å². The Morgan fingerprint density at radius 1 is 1.00 bits per heavy atom. The molecular weight excluding hydrogens is 402 g/mol. The van der Waals surface area contributed by atoms with Gasteiger partial charge in [0.05, 0.1) is 23.3 Å². The summed E-state index contributed by atoms with van der Waals surface area (Å²) in [5.74, 6) is -0.418. The van der Waals surface area contributed by atoms with E-state index >= 15 is 0 Å². The molecule has 6 nitrogen and oxygen atoms in total. The van der Waals surface area contributed by atoms with Crippen molar-refractivity contribution < 1.29 is 14.3 Å². The molecule has 0 heterocycles. The van der Waals surface area contributed by atoms with E-state index in [1.54, 1.807) is 48.5 Å². The summed E-state index contributed by atoms with van der Waals surface area (Å²) in [6, 6.07) is 21.1. The number of carbonyl (C=O) groups excluding carboxylic acids is 2. The zero-order chi connectivity index (χ0) is 21.3. The Hall–Kier alpha value is -3.64. The number of hydrogen-bond acceptors (Lipinski definition) is 5. The van der Waals surface area contributed by atoms with Gasteiger partial charge in [0.15, 0.2) is 0 Å². The lowest BCUT2D eigenvalue weighted by atomic mass is 10.2. The highest BCUT2D eigenvalue weighted by molar-refractivity contribution is 6.33. The molecule has 0 saturated carbocycles. The van der Waals surface area contributed by atoms with Crippen LogP contribution in [0.4, 0.5) is 5.69 Å². The van der Waals surface area contributed by atoms with E-state index in [2.05, 4.69) is 15.8 Å². The number of ether oxygens (including phenoxy) is 1. The number of hydrazone groups is 1. The third-order valence-corrected chi connectivity index (χ3v) is 4.50. The molecule has 0 aromatic heterocycles. The second-order valence-corrected chi connectivity index (χ2v) is 6.81. The summed E-state index contributed by atoms with van der Waals surface area (Å²) in [4.78, 5) is 24.1. The minimum absolute atomic E-state index is 0.110. The molecule has 0 unspecified atom stereocenters. The molecule has 0 radical (unpaired) electrons. The summed E-state index contributed by atoms with van der Waals surface area (Å²) in [6.45, 7) is 2.08. The SMILES string of the molecule is Cc1ccccc1NCC(=O)N/N=C/c1ccc(OC(=O)c2ccccc2Cl)cc1. The molecular formula is C23H20ClN3O3. The van der Waals surface area contributed by atoms with E-state index < -0.39 is 5.97 Å². The number of aryl methyl sites for hydroxylation is 1. The van der Waals surface area contributed by atoms with Crippen molar-refractivity contribution in [3.05, 3.63) is 94.5 Å². The lowest BCUT2D eigenvalue weighted by Gasteiger charge is -2.07. The third kappa shape index (κ3) is 5.93. The number of benzene rings is 3. The van der Waals surface area contributed by atoms with E-state index in [0.29, 0.717) is 16.3 Å². The molecule has 0 fully saturated rings. The van der Waals surface area contributed by atoms with Crippen LogP contribution in [0.3, 0.4) is 0 Å². The first-order valence-electron chi connectivity index (χ1n) is 9.21. The Morgan fingerprint density at radius 2 is 1.70 bits per heavy atom. The van der Waals surface area contributed by atoms with Gasteiger partial charge in [0, 0.05) is 5.69 Å². The van der Waals surface area contributed by atoms with Crippen molar-refractivity contribution in [3.63, 3.8) is 0 Å². The van der Waals surface area contributed by atoms with Crippen molar-refractivity contribution in [1.82, 2.24) is 5.43 Å². The first-order chi connectivity index (χ1) is 14.5. The smallest absolute Gasteiger partial charge is 0.345 e. The van der Waals surface area contributed by atoms with Gasteiger partial charge >= 0.3 is 5.97 Å². The third-order valence-electron chi connectivity index (χ3n) is 4.17. The molecule has 30 heavy (non-hydrogen) atoms. The van der Waals surface area contributed by atoms with Crippen LogP contribution in [0.2, 0.25) is 5.02 Å². The molecule has 0 saturated heterocycles. The maximum Gasteiger partial charge on any atom is 0.345 e. The van der Waals surface area contributed by atoms with Gasteiger partial charge in [0.2, 0.25) is 0 Å². The predicted octanol–water partition coefficient (Wildman–Crippen LogP) is 4.43. The van der Waals surface area contributed by atoms with Gasteiger partial charge in [0.1, 0.15) is 5.75 Å². The second kappa shape index (κ2) is 10.2. The molecule has 3 aromatic carbocycles. The van der Waals surface area contributed by atoms with Gasteiger partial charge < -0.3 is 10.1 Å². The number of nitrogens with zero attached hydrogens (tertiary/aromatic N) is 1. The molecule has 7 heteroatoms. The molecule has 3 aromatic rings. The number of para-hydroxylation sites is 1. The van der Waals surface area contributed by atoms with E-state index in [1.807, 2.05) is 31.2 Å². The number of nitrogens with one attached hydrogen (secondary N) is 2. The van der Waals surface area contributed by atoms with Crippen molar-refractivity contribution in [1.29, 1.82) is 0 Å².